The number of halogens is 1. The summed E-state index contributed by atoms with van der Waals surface area (Å²) in [6.45, 7) is 2.27. The first-order valence-corrected chi connectivity index (χ1v) is 6.95. The van der Waals surface area contributed by atoms with Crippen molar-refractivity contribution in [1.82, 2.24) is 9.55 Å². The van der Waals surface area contributed by atoms with Gasteiger partial charge in [0.2, 0.25) is 0 Å². The Morgan fingerprint density at radius 1 is 1.44 bits per heavy atom. The maximum Gasteiger partial charge on any atom is 0.328 e. The fourth-order valence-corrected chi connectivity index (χ4v) is 2.01. The van der Waals surface area contributed by atoms with Crippen molar-refractivity contribution in [3.8, 4) is 0 Å². The molecular weight excluding hydrogens is 256 g/mol. The number of hydrogen-bond donors (Lipinski definition) is 1. The van der Waals surface area contributed by atoms with Crippen LogP contribution in [-0.4, -0.2) is 18.0 Å². The Kier molecular flexibility index (Phi) is 3.93. The average Bonchev–Trinajstić information content (AvgIpc) is 2.14. The fraction of sp³-hybridized carbons (Fsp3) is 0.500. The van der Waals surface area contributed by atoms with Crippen LogP contribution in [0.1, 0.15) is 19.8 Å². The van der Waals surface area contributed by atoms with Gasteiger partial charge in [-0.3, -0.25) is 14.3 Å². The zero-order chi connectivity index (χ0) is 12.3. The van der Waals surface area contributed by atoms with Crippen LogP contribution >= 0.6 is 10.7 Å². The molecule has 1 aromatic heterocycles. The van der Waals surface area contributed by atoms with Crippen LogP contribution in [0.4, 0.5) is 0 Å². The second-order valence-electron chi connectivity index (χ2n) is 3.24. The molecule has 0 saturated heterocycles. The van der Waals surface area contributed by atoms with E-state index >= 15 is 0 Å². The van der Waals surface area contributed by atoms with E-state index in [4.69, 9.17) is 10.7 Å². The molecular formula is C8H11ClN2O4S. The van der Waals surface area contributed by atoms with Gasteiger partial charge in [-0.25, -0.2) is 13.2 Å². The van der Waals surface area contributed by atoms with Gasteiger partial charge in [-0.05, 0) is 6.42 Å². The molecule has 0 saturated carbocycles. The molecule has 0 unspecified atom stereocenters. The van der Waals surface area contributed by atoms with Crippen LogP contribution in [0.25, 0.3) is 0 Å². The second-order valence-corrected chi connectivity index (χ2v) is 5.77. The number of hydrogen-bond acceptors (Lipinski definition) is 4. The molecule has 8 heteroatoms. The molecule has 1 aromatic rings. The van der Waals surface area contributed by atoms with Gasteiger partial charge in [0.15, 0.2) is 4.90 Å². The zero-order valence-corrected chi connectivity index (χ0v) is 10.1. The first-order valence-electron chi connectivity index (χ1n) is 4.64. The Morgan fingerprint density at radius 2 is 2.06 bits per heavy atom. The summed E-state index contributed by atoms with van der Waals surface area (Å²) >= 11 is 0. The van der Waals surface area contributed by atoms with Gasteiger partial charge in [0.05, 0.1) is 0 Å². The molecule has 0 aliphatic heterocycles. The lowest BCUT2D eigenvalue weighted by molar-refractivity contribution is 0.577. The third kappa shape index (κ3) is 2.96. The van der Waals surface area contributed by atoms with Crippen molar-refractivity contribution in [2.75, 3.05) is 0 Å². The molecule has 0 bridgehead atoms. The Labute approximate surface area is 96.3 Å². The number of nitrogens with one attached hydrogen (secondary N) is 1. The quantitative estimate of drug-likeness (QED) is 0.792. The van der Waals surface area contributed by atoms with Crippen molar-refractivity contribution in [2.24, 2.45) is 0 Å². The van der Waals surface area contributed by atoms with Crippen molar-refractivity contribution in [3.05, 3.63) is 27.0 Å². The van der Waals surface area contributed by atoms with Crippen LogP contribution in [0.15, 0.2) is 20.7 Å². The van der Waals surface area contributed by atoms with E-state index in [1.807, 2.05) is 11.9 Å². The van der Waals surface area contributed by atoms with E-state index in [-0.39, 0.29) is 0 Å². The van der Waals surface area contributed by atoms with Crippen molar-refractivity contribution in [3.63, 3.8) is 0 Å². The number of aryl methyl sites for hydroxylation is 1. The van der Waals surface area contributed by atoms with Crippen molar-refractivity contribution in [2.45, 2.75) is 31.2 Å². The van der Waals surface area contributed by atoms with Crippen LogP contribution in [0.5, 0.6) is 0 Å². The molecule has 1 heterocycles. The van der Waals surface area contributed by atoms with Crippen LogP contribution in [0.2, 0.25) is 0 Å². The van der Waals surface area contributed by atoms with Crippen LogP contribution in [0, 0.1) is 0 Å². The van der Waals surface area contributed by atoms with E-state index in [1.165, 1.54) is 0 Å². The molecule has 16 heavy (non-hydrogen) atoms. The highest BCUT2D eigenvalue weighted by Gasteiger charge is 2.16. The maximum atomic E-state index is 11.3. The van der Waals surface area contributed by atoms with E-state index in [0.717, 1.165) is 17.2 Å². The highest BCUT2D eigenvalue weighted by Crippen LogP contribution is 2.07. The summed E-state index contributed by atoms with van der Waals surface area (Å²) in [5.74, 6) is 0. The highest BCUT2D eigenvalue weighted by atomic mass is 35.7. The number of unbranched alkanes of at least 4 members (excludes halogenated alkanes) is 1. The number of H-pyrrole nitrogens is 1. The maximum absolute atomic E-state index is 11.3. The van der Waals surface area contributed by atoms with E-state index in [0.29, 0.717) is 13.0 Å². The normalized spacial score (nSPS) is 11.6. The molecule has 6 nitrogen and oxygen atoms in total. The van der Waals surface area contributed by atoms with E-state index in [2.05, 4.69) is 0 Å². The summed E-state index contributed by atoms with van der Waals surface area (Å²) in [6, 6.07) is 0. The lowest BCUT2D eigenvalue weighted by Gasteiger charge is -2.04. The minimum Gasteiger partial charge on any atom is -0.299 e. The van der Waals surface area contributed by atoms with Crippen molar-refractivity contribution in [1.29, 1.82) is 0 Å². The molecule has 0 spiro atoms. The Bertz CT molecular complexity index is 587. The first-order chi connectivity index (χ1) is 7.36. The minimum atomic E-state index is -4.13. The Morgan fingerprint density at radius 3 is 2.56 bits per heavy atom. The molecule has 0 aliphatic carbocycles. The SMILES string of the molecule is CCCCn1cc(S(=O)(=O)Cl)c(=O)[nH]c1=O. The predicted molar refractivity (Wildman–Crippen MR) is 59.3 cm³/mol. The fourth-order valence-electron chi connectivity index (χ4n) is 1.16. The smallest absolute Gasteiger partial charge is 0.299 e. The second kappa shape index (κ2) is 4.84. The van der Waals surface area contributed by atoms with E-state index < -0.39 is 25.2 Å². The lowest BCUT2D eigenvalue weighted by atomic mass is 10.3. The molecule has 0 radical (unpaired) electrons. The Hall–Kier alpha value is -1.08. The summed E-state index contributed by atoms with van der Waals surface area (Å²) in [6.07, 6.45) is 2.52. The monoisotopic (exact) mass is 266 g/mol. The molecule has 0 aromatic carbocycles. The van der Waals surface area contributed by atoms with Gasteiger partial charge in [0.1, 0.15) is 0 Å². The molecule has 0 amide bonds. The van der Waals surface area contributed by atoms with Gasteiger partial charge >= 0.3 is 5.69 Å². The van der Waals surface area contributed by atoms with Crippen LogP contribution < -0.4 is 11.2 Å². The first kappa shape index (κ1) is 13.0. The molecule has 0 atom stereocenters. The summed E-state index contributed by atoms with van der Waals surface area (Å²) in [5.41, 5.74) is -1.63. The van der Waals surface area contributed by atoms with Gasteiger partial charge < -0.3 is 0 Å². The molecule has 0 fully saturated rings. The molecule has 0 aliphatic rings. The van der Waals surface area contributed by atoms with Gasteiger partial charge in [-0.1, -0.05) is 13.3 Å². The van der Waals surface area contributed by atoms with Crippen LogP contribution in [-0.2, 0) is 15.6 Å². The third-order valence-electron chi connectivity index (χ3n) is 1.99. The van der Waals surface area contributed by atoms with Gasteiger partial charge in [-0.2, -0.15) is 0 Å². The number of aromatic nitrogens is 2. The third-order valence-corrected chi connectivity index (χ3v) is 3.31. The number of aromatic amines is 1. The Balaban J connectivity index is 3.34. The molecule has 1 rings (SSSR count). The van der Waals surface area contributed by atoms with E-state index in [1.54, 1.807) is 0 Å². The van der Waals surface area contributed by atoms with Gasteiger partial charge in [0.25, 0.3) is 14.6 Å². The van der Waals surface area contributed by atoms with Crippen LogP contribution in [0.3, 0.4) is 0 Å². The standard InChI is InChI=1S/C8H11ClN2O4S/c1-2-3-4-11-5-6(16(9,14)15)7(12)10-8(11)13/h5H,2-4H2,1H3,(H,10,12,13). The lowest BCUT2D eigenvalue weighted by Crippen LogP contribution is -2.32. The predicted octanol–water partition coefficient (Wildman–Crippen LogP) is 0.264. The highest BCUT2D eigenvalue weighted by molar-refractivity contribution is 8.13. The summed E-state index contributed by atoms with van der Waals surface area (Å²) in [5, 5.41) is 0. The minimum absolute atomic E-state index is 0.339. The van der Waals surface area contributed by atoms with Gasteiger partial charge in [0, 0.05) is 23.4 Å². The van der Waals surface area contributed by atoms with E-state index in [9.17, 15) is 18.0 Å². The number of rotatable bonds is 4. The molecule has 90 valence electrons. The average molecular weight is 267 g/mol. The zero-order valence-electron chi connectivity index (χ0n) is 8.57. The van der Waals surface area contributed by atoms with Crippen molar-refractivity contribution >= 4 is 19.7 Å². The summed E-state index contributed by atoms with van der Waals surface area (Å²) < 4.78 is 23.2. The molecule has 1 N–H and O–H groups in total. The topological polar surface area (TPSA) is 89.0 Å². The van der Waals surface area contributed by atoms with Gasteiger partial charge in [-0.15, -0.1) is 0 Å². The number of nitrogens with zero attached hydrogens (tertiary/aromatic N) is 1. The largest absolute Gasteiger partial charge is 0.328 e. The summed E-state index contributed by atoms with van der Waals surface area (Å²) in [4.78, 5) is 23.8. The summed E-state index contributed by atoms with van der Waals surface area (Å²) in [7, 11) is 0.930. The van der Waals surface area contributed by atoms with Crippen molar-refractivity contribution < 1.29 is 8.42 Å².